The highest BCUT2D eigenvalue weighted by Crippen LogP contribution is 2.21. The Labute approximate surface area is 122 Å². The van der Waals surface area contributed by atoms with Gasteiger partial charge >= 0.3 is 12.7 Å². The molecule has 0 saturated heterocycles. The van der Waals surface area contributed by atoms with Crippen LogP contribution >= 0.6 is 0 Å². The molecule has 0 radical (unpaired) electrons. The van der Waals surface area contributed by atoms with Crippen molar-refractivity contribution < 1.29 is 23.0 Å². The Morgan fingerprint density at radius 2 is 2.05 bits per heavy atom. The summed E-state index contributed by atoms with van der Waals surface area (Å²) < 4.78 is 33.8. The first kappa shape index (κ1) is 17.2. The van der Waals surface area contributed by atoms with Gasteiger partial charge in [-0.05, 0) is 38.5 Å². The largest absolute Gasteiger partial charge is 0.444 e. The summed E-state index contributed by atoms with van der Waals surface area (Å²) in [5.74, 6) is 0.00642. The number of nitrogens with two attached hydrogens (primary N) is 1. The monoisotopic (exact) mass is 302 g/mol. The fraction of sp³-hybridized carbons (Fsp3) is 0.500. The van der Waals surface area contributed by atoms with E-state index in [0.717, 1.165) is 0 Å². The van der Waals surface area contributed by atoms with Gasteiger partial charge in [0.25, 0.3) is 0 Å². The molecule has 5 nitrogen and oxygen atoms in total. The lowest BCUT2D eigenvalue weighted by atomic mass is 10.1. The molecular weight excluding hydrogens is 282 g/mol. The van der Waals surface area contributed by atoms with Gasteiger partial charge in [0.05, 0.1) is 6.04 Å². The molecule has 1 aromatic carbocycles. The molecule has 0 aromatic heterocycles. The highest BCUT2D eigenvalue weighted by Gasteiger charge is 2.20. The zero-order chi connectivity index (χ0) is 16.0. The van der Waals surface area contributed by atoms with Crippen LogP contribution < -0.4 is 15.8 Å². The highest BCUT2D eigenvalue weighted by molar-refractivity contribution is 5.68. The second-order valence-electron chi connectivity index (χ2n) is 5.39. The number of benzene rings is 1. The van der Waals surface area contributed by atoms with E-state index in [4.69, 9.17) is 10.5 Å². The summed E-state index contributed by atoms with van der Waals surface area (Å²) >= 11 is 0. The van der Waals surface area contributed by atoms with E-state index in [9.17, 15) is 13.6 Å². The average Bonchev–Trinajstić information content (AvgIpc) is 2.33. The topological polar surface area (TPSA) is 73.6 Å². The van der Waals surface area contributed by atoms with Gasteiger partial charge in [0.15, 0.2) is 0 Å². The number of rotatable bonds is 5. The zero-order valence-corrected chi connectivity index (χ0v) is 12.2. The van der Waals surface area contributed by atoms with Crippen LogP contribution in [0.2, 0.25) is 0 Å². The minimum absolute atomic E-state index is 0.00642. The number of hydrogen-bond donors (Lipinski definition) is 2. The molecule has 0 aliphatic carbocycles. The maximum Gasteiger partial charge on any atom is 0.408 e. The van der Waals surface area contributed by atoms with Gasteiger partial charge in [0.2, 0.25) is 0 Å². The van der Waals surface area contributed by atoms with E-state index in [1.807, 2.05) is 0 Å². The molecule has 0 spiro atoms. The predicted molar refractivity (Wildman–Crippen MR) is 74.2 cm³/mol. The minimum Gasteiger partial charge on any atom is -0.444 e. The van der Waals surface area contributed by atoms with Crippen molar-refractivity contribution in [2.75, 3.05) is 6.54 Å². The lowest BCUT2D eigenvalue weighted by Crippen LogP contribution is -2.37. The normalized spacial score (nSPS) is 12.9. The summed E-state index contributed by atoms with van der Waals surface area (Å²) in [5, 5.41) is 2.59. The second-order valence-corrected chi connectivity index (χ2v) is 5.39. The molecule has 3 N–H and O–H groups in total. The zero-order valence-electron chi connectivity index (χ0n) is 12.2. The summed E-state index contributed by atoms with van der Waals surface area (Å²) in [6.45, 7) is 2.40. The van der Waals surface area contributed by atoms with Crippen molar-refractivity contribution in [1.29, 1.82) is 0 Å². The first-order valence-electron chi connectivity index (χ1n) is 6.45. The number of nitrogens with one attached hydrogen (secondary N) is 1. The Morgan fingerprint density at radius 1 is 1.38 bits per heavy atom. The summed E-state index contributed by atoms with van der Waals surface area (Å²) in [6.07, 6.45) is -0.627. The summed E-state index contributed by atoms with van der Waals surface area (Å²) in [5.41, 5.74) is 5.53. The molecule has 7 heteroatoms. The molecule has 0 bridgehead atoms. The fourth-order valence-electron chi connectivity index (χ4n) is 1.64. The van der Waals surface area contributed by atoms with Crippen molar-refractivity contribution in [1.82, 2.24) is 5.32 Å². The van der Waals surface area contributed by atoms with Crippen molar-refractivity contribution in [3.05, 3.63) is 29.8 Å². The van der Waals surface area contributed by atoms with E-state index >= 15 is 0 Å². The van der Waals surface area contributed by atoms with Crippen LogP contribution in [0.1, 0.15) is 32.4 Å². The summed E-state index contributed by atoms with van der Waals surface area (Å²) in [4.78, 5) is 11.7. The van der Waals surface area contributed by atoms with Gasteiger partial charge in [-0.25, -0.2) is 4.79 Å². The molecule has 0 aliphatic rings. The van der Waals surface area contributed by atoms with Crippen molar-refractivity contribution in [3.63, 3.8) is 0 Å². The highest BCUT2D eigenvalue weighted by atomic mass is 19.3. The van der Waals surface area contributed by atoms with Gasteiger partial charge < -0.3 is 20.5 Å². The number of alkyl halides is 2. The minimum atomic E-state index is -2.91. The van der Waals surface area contributed by atoms with Crippen LogP contribution in [0.4, 0.5) is 13.6 Å². The van der Waals surface area contributed by atoms with E-state index in [-0.39, 0.29) is 12.3 Å². The lowest BCUT2D eigenvalue weighted by molar-refractivity contribution is -0.0499. The van der Waals surface area contributed by atoms with E-state index in [1.54, 1.807) is 32.9 Å². The Bertz CT molecular complexity index is 476. The number of halogens is 2. The maximum atomic E-state index is 12.2. The molecule has 0 saturated carbocycles. The SMILES string of the molecule is CC(C)(C)OC(=O)NC(CN)c1cccc(OC(F)F)c1. The van der Waals surface area contributed by atoms with Gasteiger partial charge in [-0.3, -0.25) is 0 Å². The third-order valence-corrected chi connectivity index (χ3v) is 2.41. The molecule has 1 rings (SSSR count). The summed E-state index contributed by atoms with van der Waals surface area (Å²) in [7, 11) is 0. The second kappa shape index (κ2) is 7.21. The van der Waals surface area contributed by atoms with Crippen LogP contribution in [-0.2, 0) is 4.74 Å². The average molecular weight is 302 g/mol. The summed E-state index contributed by atoms with van der Waals surface area (Å²) in [6, 6.07) is 5.46. The molecule has 0 fully saturated rings. The molecular formula is C14H20F2N2O3. The van der Waals surface area contributed by atoms with Crippen molar-refractivity contribution in [3.8, 4) is 5.75 Å². The molecule has 0 aliphatic heterocycles. The first-order chi connectivity index (χ1) is 9.71. The van der Waals surface area contributed by atoms with Gasteiger partial charge in [-0.15, -0.1) is 0 Å². The van der Waals surface area contributed by atoms with E-state index in [2.05, 4.69) is 10.1 Å². The Hall–Kier alpha value is -1.89. The third kappa shape index (κ3) is 6.40. The van der Waals surface area contributed by atoms with Gasteiger partial charge in [0.1, 0.15) is 11.4 Å². The fourth-order valence-corrected chi connectivity index (χ4v) is 1.64. The predicted octanol–water partition coefficient (Wildman–Crippen LogP) is 2.81. The van der Waals surface area contributed by atoms with Crippen LogP contribution in [0, 0.1) is 0 Å². The van der Waals surface area contributed by atoms with E-state index in [1.165, 1.54) is 12.1 Å². The van der Waals surface area contributed by atoms with Crippen molar-refractivity contribution in [2.24, 2.45) is 5.73 Å². The van der Waals surface area contributed by atoms with Crippen molar-refractivity contribution in [2.45, 2.75) is 39.0 Å². The molecule has 118 valence electrons. The van der Waals surface area contributed by atoms with Crippen LogP contribution in [0.15, 0.2) is 24.3 Å². The standard InChI is InChI=1S/C14H20F2N2O3/c1-14(2,3)21-13(19)18-11(8-17)9-5-4-6-10(7-9)20-12(15)16/h4-7,11-12H,8,17H2,1-3H3,(H,18,19). The molecule has 1 atom stereocenters. The number of carbonyl (C=O) groups is 1. The van der Waals surface area contributed by atoms with Gasteiger partial charge in [-0.2, -0.15) is 8.78 Å². The molecule has 1 unspecified atom stereocenters. The Kier molecular flexibility index (Phi) is 5.90. The molecule has 1 aromatic rings. The van der Waals surface area contributed by atoms with Gasteiger partial charge in [-0.1, -0.05) is 12.1 Å². The van der Waals surface area contributed by atoms with Crippen molar-refractivity contribution >= 4 is 6.09 Å². The quantitative estimate of drug-likeness (QED) is 0.877. The number of ether oxygens (including phenoxy) is 2. The number of amides is 1. The van der Waals surface area contributed by atoms with E-state index in [0.29, 0.717) is 5.56 Å². The van der Waals surface area contributed by atoms with E-state index < -0.39 is 24.3 Å². The van der Waals surface area contributed by atoms with Crippen LogP contribution in [0.3, 0.4) is 0 Å². The molecule has 1 amide bonds. The number of carbonyl (C=O) groups excluding carboxylic acids is 1. The lowest BCUT2D eigenvalue weighted by Gasteiger charge is -2.23. The number of alkyl carbamates (subject to hydrolysis) is 1. The van der Waals surface area contributed by atoms with Crippen LogP contribution in [0.25, 0.3) is 0 Å². The first-order valence-corrected chi connectivity index (χ1v) is 6.45. The van der Waals surface area contributed by atoms with Crippen LogP contribution in [0.5, 0.6) is 5.75 Å². The Balaban J connectivity index is 2.78. The maximum absolute atomic E-state index is 12.2. The third-order valence-electron chi connectivity index (χ3n) is 2.41. The smallest absolute Gasteiger partial charge is 0.408 e. The Morgan fingerprint density at radius 3 is 2.57 bits per heavy atom. The molecule has 0 heterocycles. The van der Waals surface area contributed by atoms with Crippen LogP contribution in [-0.4, -0.2) is 24.9 Å². The molecule has 21 heavy (non-hydrogen) atoms. The van der Waals surface area contributed by atoms with Gasteiger partial charge in [0, 0.05) is 6.54 Å². The number of hydrogen-bond acceptors (Lipinski definition) is 4.